The maximum atomic E-state index is 12.5. The zero-order valence-electron chi connectivity index (χ0n) is 13.1. The summed E-state index contributed by atoms with van der Waals surface area (Å²) in [7, 11) is 0. The van der Waals surface area contributed by atoms with Gasteiger partial charge in [-0.3, -0.25) is 9.69 Å². The Balaban J connectivity index is 2.02. The molecule has 0 radical (unpaired) electrons. The fourth-order valence-electron chi connectivity index (χ4n) is 3.00. The Bertz CT molecular complexity index is 543. The normalized spacial score (nSPS) is 13.5. The second-order valence-electron chi connectivity index (χ2n) is 6.30. The van der Waals surface area contributed by atoms with Gasteiger partial charge in [-0.2, -0.15) is 5.26 Å². The number of nitrogens with zero attached hydrogens (tertiary/aromatic N) is 2. The fourth-order valence-corrected chi connectivity index (χ4v) is 3.00. The molecule has 2 rings (SSSR count). The lowest BCUT2D eigenvalue weighted by atomic mass is 10.0. The van der Waals surface area contributed by atoms with Crippen LogP contribution in [0.4, 0.5) is 0 Å². The Morgan fingerprint density at radius 1 is 1.33 bits per heavy atom. The first-order chi connectivity index (χ1) is 10.1. The average molecular weight is 284 g/mol. The van der Waals surface area contributed by atoms with E-state index in [1.54, 1.807) is 0 Å². The first kappa shape index (κ1) is 15.7. The molecular formula is C18H24N2O. The molecule has 0 saturated heterocycles. The highest BCUT2D eigenvalue weighted by Crippen LogP contribution is 2.23. The van der Waals surface area contributed by atoms with E-state index in [1.807, 2.05) is 6.07 Å². The third-order valence-electron chi connectivity index (χ3n) is 3.95. The van der Waals surface area contributed by atoms with Crippen LogP contribution < -0.4 is 0 Å². The summed E-state index contributed by atoms with van der Waals surface area (Å²) in [6, 6.07) is 8.31. The minimum Gasteiger partial charge on any atom is -0.295 e. The van der Waals surface area contributed by atoms with E-state index in [9.17, 15) is 4.79 Å². The number of Topliss-reactive ketones (excluding diaryl/α,β-unsaturated/α-hetero) is 1. The van der Waals surface area contributed by atoms with Gasteiger partial charge in [0, 0.05) is 25.1 Å². The zero-order valence-corrected chi connectivity index (χ0v) is 13.1. The molecule has 0 bridgehead atoms. The quantitative estimate of drug-likeness (QED) is 0.722. The van der Waals surface area contributed by atoms with Gasteiger partial charge in [-0.15, -0.1) is 0 Å². The molecular weight excluding hydrogens is 260 g/mol. The molecule has 1 aliphatic rings. The van der Waals surface area contributed by atoms with Gasteiger partial charge in [0.1, 0.15) is 0 Å². The molecule has 1 aliphatic carbocycles. The van der Waals surface area contributed by atoms with Crippen molar-refractivity contribution in [2.75, 3.05) is 19.6 Å². The summed E-state index contributed by atoms with van der Waals surface area (Å²) in [6.45, 7) is 6.22. The maximum Gasteiger partial charge on any atom is 0.176 e. The van der Waals surface area contributed by atoms with E-state index in [0.717, 1.165) is 24.9 Å². The first-order valence-corrected chi connectivity index (χ1v) is 7.84. The van der Waals surface area contributed by atoms with Gasteiger partial charge in [-0.05, 0) is 42.4 Å². The zero-order chi connectivity index (χ0) is 15.2. The molecule has 0 fully saturated rings. The Hall–Kier alpha value is -1.66. The number of nitriles is 1. The molecule has 0 saturated carbocycles. The third kappa shape index (κ3) is 4.41. The van der Waals surface area contributed by atoms with Gasteiger partial charge in [0.15, 0.2) is 5.78 Å². The van der Waals surface area contributed by atoms with Gasteiger partial charge in [0.2, 0.25) is 0 Å². The second kappa shape index (κ2) is 7.38. The van der Waals surface area contributed by atoms with E-state index < -0.39 is 0 Å². The van der Waals surface area contributed by atoms with Crippen molar-refractivity contribution in [3.8, 4) is 6.07 Å². The smallest absolute Gasteiger partial charge is 0.176 e. The van der Waals surface area contributed by atoms with E-state index in [2.05, 4.69) is 36.9 Å². The number of rotatable bonds is 7. The van der Waals surface area contributed by atoms with Crippen molar-refractivity contribution in [2.24, 2.45) is 5.92 Å². The fraction of sp³-hybridized carbons (Fsp3) is 0.556. The highest BCUT2D eigenvalue weighted by Gasteiger charge is 2.17. The largest absolute Gasteiger partial charge is 0.295 e. The van der Waals surface area contributed by atoms with Crippen LogP contribution in [0, 0.1) is 17.2 Å². The van der Waals surface area contributed by atoms with Crippen LogP contribution in [0.15, 0.2) is 18.2 Å². The highest BCUT2D eigenvalue weighted by atomic mass is 16.1. The molecule has 0 spiro atoms. The lowest BCUT2D eigenvalue weighted by molar-refractivity contribution is 0.0923. The minimum absolute atomic E-state index is 0.170. The SMILES string of the molecule is CC(C)CN(CCC#N)CC(=O)c1ccc2c(c1)CCC2. The van der Waals surface area contributed by atoms with Crippen LogP contribution in [0.25, 0.3) is 0 Å². The highest BCUT2D eigenvalue weighted by molar-refractivity contribution is 5.97. The summed E-state index contributed by atoms with van der Waals surface area (Å²) in [6.07, 6.45) is 3.92. The Kier molecular flexibility index (Phi) is 5.52. The summed E-state index contributed by atoms with van der Waals surface area (Å²) in [4.78, 5) is 14.6. The Labute approximate surface area is 127 Å². The van der Waals surface area contributed by atoms with Crippen molar-refractivity contribution < 1.29 is 4.79 Å². The molecule has 0 heterocycles. The summed E-state index contributed by atoms with van der Waals surface area (Å²) in [5, 5.41) is 8.74. The number of ketones is 1. The number of carbonyl (C=O) groups is 1. The molecule has 0 aliphatic heterocycles. The van der Waals surface area contributed by atoms with Gasteiger partial charge in [-0.25, -0.2) is 0 Å². The lowest BCUT2D eigenvalue weighted by Crippen LogP contribution is -2.33. The van der Waals surface area contributed by atoms with Crippen molar-refractivity contribution in [3.63, 3.8) is 0 Å². The molecule has 1 aromatic rings. The maximum absolute atomic E-state index is 12.5. The van der Waals surface area contributed by atoms with Crippen LogP contribution in [0.3, 0.4) is 0 Å². The van der Waals surface area contributed by atoms with Crippen LogP contribution in [-0.4, -0.2) is 30.3 Å². The van der Waals surface area contributed by atoms with Crippen molar-refractivity contribution in [1.29, 1.82) is 5.26 Å². The molecule has 0 unspecified atom stereocenters. The van der Waals surface area contributed by atoms with Crippen LogP contribution >= 0.6 is 0 Å². The topological polar surface area (TPSA) is 44.1 Å². The van der Waals surface area contributed by atoms with Gasteiger partial charge < -0.3 is 0 Å². The molecule has 0 amide bonds. The summed E-state index contributed by atoms with van der Waals surface area (Å²) >= 11 is 0. The Morgan fingerprint density at radius 3 is 2.81 bits per heavy atom. The van der Waals surface area contributed by atoms with Gasteiger partial charge in [0.05, 0.1) is 12.6 Å². The number of benzene rings is 1. The number of aryl methyl sites for hydroxylation is 2. The molecule has 3 heteroatoms. The number of fused-ring (bicyclic) bond motifs is 1. The monoisotopic (exact) mass is 284 g/mol. The van der Waals surface area contributed by atoms with Crippen LogP contribution in [0.5, 0.6) is 0 Å². The molecule has 3 nitrogen and oxygen atoms in total. The van der Waals surface area contributed by atoms with Crippen molar-refractivity contribution in [3.05, 3.63) is 34.9 Å². The molecule has 112 valence electrons. The summed E-state index contributed by atoms with van der Waals surface area (Å²) < 4.78 is 0. The summed E-state index contributed by atoms with van der Waals surface area (Å²) in [5.74, 6) is 0.666. The minimum atomic E-state index is 0.170. The van der Waals surface area contributed by atoms with Gasteiger partial charge in [0.25, 0.3) is 0 Å². The van der Waals surface area contributed by atoms with E-state index in [1.165, 1.54) is 17.5 Å². The van der Waals surface area contributed by atoms with Gasteiger partial charge >= 0.3 is 0 Å². The number of hydrogen-bond acceptors (Lipinski definition) is 3. The molecule has 1 aromatic carbocycles. The standard InChI is InChI=1S/C18H24N2O/c1-14(2)12-20(10-4-9-19)13-18(21)17-8-7-15-5-3-6-16(15)11-17/h7-8,11,14H,3-6,10,12-13H2,1-2H3. The molecule has 0 N–H and O–H groups in total. The second-order valence-corrected chi connectivity index (χ2v) is 6.30. The molecule has 0 aromatic heterocycles. The van der Waals surface area contributed by atoms with Crippen molar-refractivity contribution in [1.82, 2.24) is 4.90 Å². The van der Waals surface area contributed by atoms with E-state index in [0.29, 0.717) is 25.4 Å². The molecule has 21 heavy (non-hydrogen) atoms. The van der Waals surface area contributed by atoms with E-state index >= 15 is 0 Å². The van der Waals surface area contributed by atoms with Crippen LogP contribution in [-0.2, 0) is 12.8 Å². The average Bonchev–Trinajstić information content (AvgIpc) is 2.91. The van der Waals surface area contributed by atoms with E-state index in [-0.39, 0.29) is 5.78 Å². The number of hydrogen-bond donors (Lipinski definition) is 0. The van der Waals surface area contributed by atoms with E-state index in [4.69, 9.17) is 5.26 Å². The predicted octanol–water partition coefficient (Wildman–Crippen LogP) is 3.23. The van der Waals surface area contributed by atoms with Gasteiger partial charge in [-0.1, -0.05) is 26.0 Å². The number of carbonyl (C=O) groups excluding carboxylic acids is 1. The summed E-state index contributed by atoms with van der Waals surface area (Å²) in [5.41, 5.74) is 3.56. The predicted molar refractivity (Wildman–Crippen MR) is 84.3 cm³/mol. The molecule has 0 atom stereocenters. The van der Waals surface area contributed by atoms with Crippen molar-refractivity contribution in [2.45, 2.75) is 39.5 Å². The van der Waals surface area contributed by atoms with Crippen LogP contribution in [0.1, 0.15) is 48.2 Å². The third-order valence-corrected chi connectivity index (χ3v) is 3.95. The van der Waals surface area contributed by atoms with Crippen LogP contribution in [0.2, 0.25) is 0 Å². The Morgan fingerprint density at radius 2 is 2.10 bits per heavy atom. The van der Waals surface area contributed by atoms with Crippen molar-refractivity contribution >= 4 is 5.78 Å². The lowest BCUT2D eigenvalue weighted by Gasteiger charge is -2.22. The first-order valence-electron chi connectivity index (χ1n) is 7.84.